The maximum absolute atomic E-state index is 13.4. The molecule has 0 spiro atoms. The second-order valence-corrected chi connectivity index (χ2v) is 8.35. The zero-order valence-corrected chi connectivity index (χ0v) is 18.0. The Morgan fingerprint density at radius 2 is 1.88 bits per heavy atom. The van der Waals surface area contributed by atoms with E-state index < -0.39 is 22.5 Å². The van der Waals surface area contributed by atoms with Crippen molar-refractivity contribution in [2.75, 3.05) is 7.11 Å². The fraction of sp³-hybridized carbons (Fsp3) is 0.292. The average molecular weight is 436 g/mol. The largest absolute Gasteiger partial charge is 0.497 e. The van der Waals surface area contributed by atoms with Crippen LogP contribution >= 0.6 is 0 Å². The van der Waals surface area contributed by atoms with Crippen LogP contribution in [0.1, 0.15) is 36.5 Å². The molecule has 166 valence electrons. The summed E-state index contributed by atoms with van der Waals surface area (Å²) in [6.07, 6.45) is 0.600. The third-order valence-corrected chi connectivity index (χ3v) is 5.84. The summed E-state index contributed by atoms with van der Waals surface area (Å²) in [5.41, 5.74) is 0.295. The van der Waals surface area contributed by atoms with Crippen LogP contribution in [0.3, 0.4) is 0 Å². The maximum Gasteiger partial charge on any atom is 0.269 e. The standard InChI is InChI=1S/C24H24N2O6/c1-24(2)22(27)21(19-13-16(26(29)30)8-11-20(19)32-24)18-5-4-12-25(23(18)28)14-15-6-9-17(31-3)10-7-15/h4-13,21-22,27H,14H2,1-3H3. The summed E-state index contributed by atoms with van der Waals surface area (Å²) < 4.78 is 12.6. The lowest BCUT2D eigenvalue weighted by Gasteiger charge is -2.42. The number of aliphatic hydroxyl groups excluding tert-OH is 1. The lowest BCUT2D eigenvalue weighted by Crippen LogP contribution is -2.50. The minimum atomic E-state index is -1.08. The molecule has 8 heteroatoms. The van der Waals surface area contributed by atoms with Crippen molar-refractivity contribution < 1.29 is 19.5 Å². The summed E-state index contributed by atoms with van der Waals surface area (Å²) in [5, 5.41) is 22.5. The topological polar surface area (TPSA) is 104 Å². The predicted molar refractivity (Wildman–Crippen MR) is 118 cm³/mol. The third kappa shape index (κ3) is 3.85. The van der Waals surface area contributed by atoms with Gasteiger partial charge in [0.25, 0.3) is 11.2 Å². The number of nitro groups is 1. The summed E-state index contributed by atoms with van der Waals surface area (Å²) in [6.45, 7) is 3.79. The number of hydrogen-bond donors (Lipinski definition) is 1. The normalized spacial score (nSPS) is 19.0. The Morgan fingerprint density at radius 3 is 2.53 bits per heavy atom. The van der Waals surface area contributed by atoms with Gasteiger partial charge in [-0.15, -0.1) is 0 Å². The molecule has 1 N–H and O–H groups in total. The van der Waals surface area contributed by atoms with E-state index in [1.165, 1.54) is 18.2 Å². The van der Waals surface area contributed by atoms with Crippen LogP contribution in [-0.4, -0.2) is 33.4 Å². The van der Waals surface area contributed by atoms with Crippen molar-refractivity contribution in [1.29, 1.82) is 0 Å². The predicted octanol–water partition coefficient (Wildman–Crippen LogP) is 3.48. The molecule has 8 nitrogen and oxygen atoms in total. The molecular weight excluding hydrogens is 412 g/mol. The molecule has 0 saturated carbocycles. The maximum atomic E-state index is 13.4. The zero-order chi connectivity index (χ0) is 23.0. The van der Waals surface area contributed by atoms with E-state index in [9.17, 15) is 20.0 Å². The number of nitro benzene ring substituents is 1. The van der Waals surface area contributed by atoms with Crippen LogP contribution in [-0.2, 0) is 6.54 Å². The van der Waals surface area contributed by atoms with Crippen LogP contribution in [0, 0.1) is 10.1 Å². The van der Waals surface area contributed by atoms with Crippen molar-refractivity contribution in [1.82, 2.24) is 4.57 Å². The highest BCUT2D eigenvalue weighted by Crippen LogP contribution is 2.44. The number of nitrogens with zero attached hydrogens (tertiary/aromatic N) is 2. The van der Waals surface area contributed by atoms with Crippen molar-refractivity contribution in [3.8, 4) is 11.5 Å². The second kappa shape index (κ2) is 8.12. The smallest absolute Gasteiger partial charge is 0.269 e. The lowest BCUT2D eigenvalue weighted by molar-refractivity contribution is -0.385. The highest BCUT2D eigenvalue weighted by molar-refractivity contribution is 5.51. The summed E-state index contributed by atoms with van der Waals surface area (Å²) in [5.74, 6) is 0.367. The number of hydrogen-bond acceptors (Lipinski definition) is 6. The first-order valence-electron chi connectivity index (χ1n) is 10.2. The van der Waals surface area contributed by atoms with Crippen LogP contribution in [0.2, 0.25) is 0 Å². The van der Waals surface area contributed by atoms with Gasteiger partial charge in [0.15, 0.2) is 0 Å². The second-order valence-electron chi connectivity index (χ2n) is 8.35. The van der Waals surface area contributed by atoms with Gasteiger partial charge in [0.2, 0.25) is 0 Å². The van der Waals surface area contributed by atoms with E-state index in [1.807, 2.05) is 24.3 Å². The molecule has 4 rings (SSSR count). The number of fused-ring (bicyclic) bond motifs is 1. The van der Waals surface area contributed by atoms with E-state index in [-0.39, 0.29) is 11.2 Å². The van der Waals surface area contributed by atoms with Gasteiger partial charge in [-0.3, -0.25) is 14.9 Å². The molecule has 0 fully saturated rings. The number of benzene rings is 2. The molecule has 0 aliphatic carbocycles. The van der Waals surface area contributed by atoms with Crippen LogP contribution < -0.4 is 15.0 Å². The van der Waals surface area contributed by atoms with E-state index in [2.05, 4.69) is 0 Å². The number of non-ortho nitro benzene ring substituents is 1. The molecular formula is C24H24N2O6. The van der Waals surface area contributed by atoms with E-state index >= 15 is 0 Å². The van der Waals surface area contributed by atoms with E-state index in [0.29, 0.717) is 23.4 Å². The molecule has 2 heterocycles. The van der Waals surface area contributed by atoms with Gasteiger partial charge < -0.3 is 19.1 Å². The van der Waals surface area contributed by atoms with E-state index in [1.54, 1.807) is 43.9 Å². The van der Waals surface area contributed by atoms with Gasteiger partial charge in [-0.25, -0.2) is 0 Å². The monoisotopic (exact) mass is 436 g/mol. The number of ether oxygens (including phenoxy) is 2. The van der Waals surface area contributed by atoms with Crippen molar-refractivity contribution in [3.05, 3.63) is 98.0 Å². The fourth-order valence-electron chi connectivity index (χ4n) is 4.08. The minimum Gasteiger partial charge on any atom is -0.497 e. The van der Waals surface area contributed by atoms with Gasteiger partial charge in [0.1, 0.15) is 23.2 Å². The Balaban J connectivity index is 1.80. The molecule has 0 radical (unpaired) electrons. The van der Waals surface area contributed by atoms with Gasteiger partial charge in [0.05, 0.1) is 18.6 Å². The molecule has 1 aliphatic heterocycles. The summed E-state index contributed by atoms with van der Waals surface area (Å²) in [6, 6.07) is 15.1. The van der Waals surface area contributed by atoms with Gasteiger partial charge in [-0.1, -0.05) is 18.2 Å². The molecule has 2 atom stereocenters. The average Bonchev–Trinajstić information content (AvgIpc) is 2.76. The van der Waals surface area contributed by atoms with Crippen molar-refractivity contribution in [2.24, 2.45) is 0 Å². The first kappa shape index (κ1) is 21.6. The summed E-state index contributed by atoms with van der Waals surface area (Å²) >= 11 is 0. The highest BCUT2D eigenvalue weighted by atomic mass is 16.6. The Bertz CT molecular complexity index is 1220. The molecule has 0 amide bonds. The van der Waals surface area contributed by atoms with E-state index in [4.69, 9.17) is 9.47 Å². The minimum absolute atomic E-state index is 0.126. The van der Waals surface area contributed by atoms with Gasteiger partial charge in [-0.2, -0.15) is 0 Å². The zero-order valence-electron chi connectivity index (χ0n) is 18.0. The number of rotatable bonds is 5. The summed E-state index contributed by atoms with van der Waals surface area (Å²) in [4.78, 5) is 24.3. The van der Waals surface area contributed by atoms with Gasteiger partial charge in [0, 0.05) is 35.4 Å². The third-order valence-electron chi connectivity index (χ3n) is 5.84. The van der Waals surface area contributed by atoms with Gasteiger partial charge in [-0.05, 0) is 43.7 Å². The first-order chi connectivity index (χ1) is 15.2. The molecule has 1 aromatic heterocycles. The fourth-order valence-corrected chi connectivity index (χ4v) is 4.08. The Hall–Kier alpha value is -3.65. The lowest BCUT2D eigenvalue weighted by atomic mass is 9.77. The Morgan fingerprint density at radius 1 is 1.16 bits per heavy atom. The molecule has 0 saturated heterocycles. The number of aliphatic hydroxyl groups is 1. The van der Waals surface area contributed by atoms with Gasteiger partial charge >= 0.3 is 0 Å². The quantitative estimate of drug-likeness (QED) is 0.485. The van der Waals surface area contributed by atoms with Crippen LogP contribution in [0.5, 0.6) is 11.5 Å². The molecule has 2 unspecified atom stereocenters. The van der Waals surface area contributed by atoms with Crippen LogP contribution in [0.4, 0.5) is 5.69 Å². The number of methoxy groups -OCH3 is 1. The number of pyridine rings is 1. The first-order valence-corrected chi connectivity index (χ1v) is 10.2. The Labute approximate surface area is 184 Å². The SMILES string of the molecule is COc1ccc(Cn2cccc(C3c4cc([N+](=O)[O-])ccc4OC(C)(C)C3O)c2=O)cc1. The van der Waals surface area contributed by atoms with Crippen molar-refractivity contribution >= 4 is 5.69 Å². The Kier molecular flexibility index (Phi) is 5.48. The molecule has 3 aromatic rings. The van der Waals surface area contributed by atoms with Crippen molar-refractivity contribution in [2.45, 2.75) is 38.0 Å². The summed E-state index contributed by atoms with van der Waals surface area (Å²) in [7, 11) is 1.59. The highest BCUT2D eigenvalue weighted by Gasteiger charge is 2.45. The molecule has 2 aromatic carbocycles. The molecule has 0 bridgehead atoms. The van der Waals surface area contributed by atoms with Crippen LogP contribution in [0.15, 0.2) is 65.6 Å². The molecule has 32 heavy (non-hydrogen) atoms. The van der Waals surface area contributed by atoms with Crippen molar-refractivity contribution in [3.63, 3.8) is 0 Å². The number of aromatic nitrogens is 1. The van der Waals surface area contributed by atoms with Crippen LogP contribution in [0.25, 0.3) is 0 Å². The molecule has 1 aliphatic rings. The van der Waals surface area contributed by atoms with E-state index in [0.717, 1.165) is 11.3 Å².